The molecule has 0 bridgehead atoms. The van der Waals surface area contributed by atoms with Gasteiger partial charge in [-0.2, -0.15) is 5.43 Å². The number of nitrogens with zero attached hydrogens (tertiary/aromatic N) is 4. The fraction of sp³-hybridized carbons (Fsp3) is 0. The minimum atomic E-state index is -0.444. The van der Waals surface area contributed by atoms with E-state index in [0.717, 1.165) is 11.1 Å². The van der Waals surface area contributed by atoms with Crippen LogP contribution in [0, 0.1) is 10.1 Å². The van der Waals surface area contributed by atoms with Crippen LogP contribution in [0.3, 0.4) is 0 Å². The standard InChI is InChI=1S/C27H19N5O3/c33-26(21-12-6-2-7-13-21)29-31-25(20-10-4-1-5-11-20)28-30(27(31)22-14-8-3-9-15-22)23-16-18-24(19-17-23)32(34)35/h1-19H/p+1. The van der Waals surface area contributed by atoms with E-state index in [-0.39, 0.29) is 11.6 Å². The Kier molecular flexibility index (Phi) is 5.83. The van der Waals surface area contributed by atoms with Gasteiger partial charge in [-0.05, 0) is 53.6 Å². The lowest BCUT2D eigenvalue weighted by atomic mass is 10.2. The molecule has 5 aromatic rings. The minimum absolute atomic E-state index is 0.0179. The van der Waals surface area contributed by atoms with E-state index in [9.17, 15) is 14.9 Å². The zero-order valence-electron chi connectivity index (χ0n) is 18.5. The van der Waals surface area contributed by atoms with Crippen molar-refractivity contribution in [2.24, 2.45) is 0 Å². The lowest BCUT2D eigenvalue weighted by Gasteiger charge is -2.06. The number of amides is 1. The van der Waals surface area contributed by atoms with Crippen molar-refractivity contribution in [1.82, 2.24) is 9.77 Å². The summed E-state index contributed by atoms with van der Waals surface area (Å²) in [4.78, 5) is 23.9. The van der Waals surface area contributed by atoms with Gasteiger partial charge in [0.15, 0.2) is 5.69 Å². The minimum Gasteiger partial charge on any atom is -0.266 e. The number of nitrogens with one attached hydrogen (secondary N) is 1. The van der Waals surface area contributed by atoms with Crippen molar-refractivity contribution in [3.63, 3.8) is 0 Å². The molecule has 0 aliphatic heterocycles. The van der Waals surface area contributed by atoms with Gasteiger partial charge < -0.3 is 0 Å². The van der Waals surface area contributed by atoms with E-state index < -0.39 is 4.92 Å². The normalized spacial score (nSPS) is 10.6. The first-order valence-corrected chi connectivity index (χ1v) is 10.9. The second-order valence-corrected chi connectivity index (χ2v) is 7.71. The van der Waals surface area contributed by atoms with Crippen LogP contribution in [0.4, 0.5) is 5.69 Å². The van der Waals surface area contributed by atoms with E-state index >= 15 is 0 Å². The lowest BCUT2D eigenvalue weighted by molar-refractivity contribution is -0.645. The average Bonchev–Trinajstić information content (AvgIpc) is 3.29. The Morgan fingerprint density at radius 3 is 1.89 bits per heavy atom. The first kappa shape index (κ1) is 21.7. The third-order valence-corrected chi connectivity index (χ3v) is 5.44. The number of carbonyl (C=O) groups is 1. The number of non-ortho nitro benzene ring substituents is 1. The molecule has 0 atom stereocenters. The number of rotatable bonds is 6. The molecule has 1 heterocycles. The summed E-state index contributed by atoms with van der Waals surface area (Å²) in [5, 5.41) is 16.0. The van der Waals surface area contributed by atoms with Gasteiger partial charge >= 0.3 is 5.82 Å². The fourth-order valence-electron chi connectivity index (χ4n) is 3.75. The first-order valence-electron chi connectivity index (χ1n) is 10.9. The fourth-order valence-corrected chi connectivity index (χ4v) is 3.75. The Morgan fingerprint density at radius 1 is 0.771 bits per heavy atom. The highest BCUT2D eigenvalue weighted by atomic mass is 16.6. The Balaban J connectivity index is 1.74. The summed E-state index contributed by atoms with van der Waals surface area (Å²) >= 11 is 0. The molecule has 8 nitrogen and oxygen atoms in total. The van der Waals surface area contributed by atoms with Gasteiger partial charge in [-0.3, -0.25) is 14.9 Å². The molecule has 4 aromatic carbocycles. The molecule has 0 spiro atoms. The Morgan fingerprint density at radius 2 is 1.31 bits per heavy atom. The molecule has 35 heavy (non-hydrogen) atoms. The highest BCUT2D eigenvalue weighted by Gasteiger charge is 2.31. The average molecular weight is 462 g/mol. The van der Waals surface area contributed by atoms with Crippen LogP contribution in [0.1, 0.15) is 10.4 Å². The van der Waals surface area contributed by atoms with Crippen molar-refractivity contribution >= 4 is 11.6 Å². The zero-order valence-corrected chi connectivity index (χ0v) is 18.5. The SMILES string of the molecule is O=C(Nn1c(-c2ccccc2)n[n+](-c2ccc([N+](=O)[O-])cc2)c1-c1ccccc1)c1ccccc1. The van der Waals surface area contributed by atoms with Gasteiger partial charge in [-0.15, -0.1) is 0 Å². The van der Waals surface area contributed by atoms with E-state index in [2.05, 4.69) is 5.43 Å². The molecule has 0 saturated heterocycles. The summed E-state index contributed by atoms with van der Waals surface area (Å²) in [6.45, 7) is 0. The van der Waals surface area contributed by atoms with E-state index in [1.165, 1.54) is 12.1 Å². The van der Waals surface area contributed by atoms with Crippen LogP contribution in [0.25, 0.3) is 28.5 Å². The van der Waals surface area contributed by atoms with E-state index in [1.807, 2.05) is 66.7 Å². The summed E-state index contributed by atoms with van der Waals surface area (Å²) < 4.78 is 3.33. The van der Waals surface area contributed by atoms with Gasteiger partial charge in [0, 0.05) is 23.3 Å². The second kappa shape index (κ2) is 9.40. The van der Waals surface area contributed by atoms with Crippen LogP contribution in [-0.4, -0.2) is 20.6 Å². The summed E-state index contributed by atoms with van der Waals surface area (Å²) in [6.07, 6.45) is 0. The number of carbonyl (C=O) groups excluding carboxylic acids is 1. The Labute approximate surface area is 200 Å². The van der Waals surface area contributed by atoms with E-state index in [0.29, 0.717) is 22.9 Å². The maximum atomic E-state index is 13.2. The van der Waals surface area contributed by atoms with Crippen LogP contribution in [0.15, 0.2) is 115 Å². The smallest absolute Gasteiger partial charge is 0.266 e. The van der Waals surface area contributed by atoms with Crippen molar-refractivity contribution in [1.29, 1.82) is 0 Å². The number of benzene rings is 4. The summed E-state index contributed by atoms with van der Waals surface area (Å²) in [5.41, 5.74) is 5.68. The number of hydrogen-bond donors (Lipinski definition) is 1. The summed E-state index contributed by atoms with van der Waals surface area (Å²) in [6, 6.07) is 34.1. The van der Waals surface area contributed by atoms with Crippen molar-refractivity contribution in [2.45, 2.75) is 0 Å². The molecule has 0 fully saturated rings. The van der Waals surface area contributed by atoms with Gasteiger partial charge in [0.05, 0.1) is 10.5 Å². The molecule has 1 N–H and O–H groups in total. The molecule has 5 rings (SSSR count). The molecular formula is C27H20N5O3+. The molecule has 1 amide bonds. The number of aromatic nitrogens is 3. The Bertz CT molecular complexity index is 1480. The topological polar surface area (TPSA) is 93.9 Å². The molecule has 170 valence electrons. The maximum absolute atomic E-state index is 13.2. The van der Waals surface area contributed by atoms with Gasteiger partial charge in [-0.25, -0.2) is 0 Å². The predicted molar refractivity (Wildman–Crippen MR) is 131 cm³/mol. The first-order chi connectivity index (χ1) is 17.1. The van der Waals surface area contributed by atoms with Crippen LogP contribution < -0.4 is 10.1 Å². The third kappa shape index (κ3) is 4.40. The number of nitro groups is 1. The zero-order chi connectivity index (χ0) is 24.2. The van der Waals surface area contributed by atoms with Gasteiger partial charge in [0.2, 0.25) is 0 Å². The number of hydrogen-bond acceptors (Lipinski definition) is 4. The third-order valence-electron chi connectivity index (χ3n) is 5.44. The maximum Gasteiger partial charge on any atom is 0.340 e. The van der Waals surface area contributed by atoms with Crippen LogP contribution in [0.2, 0.25) is 0 Å². The largest absolute Gasteiger partial charge is 0.340 e. The van der Waals surface area contributed by atoms with E-state index in [1.54, 1.807) is 45.8 Å². The second-order valence-electron chi connectivity index (χ2n) is 7.71. The van der Waals surface area contributed by atoms with E-state index in [4.69, 9.17) is 5.10 Å². The molecule has 0 saturated carbocycles. The monoisotopic (exact) mass is 462 g/mol. The molecule has 0 unspecified atom stereocenters. The molecule has 8 heteroatoms. The molecule has 0 aliphatic carbocycles. The summed E-state index contributed by atoms with van der Waals surface area (Å²) in [7, 11) is 0. The highest BCUT2D eigenvalue weighted by Crippen LogP contribution is 2.24. The predicted octanol–water partition coefficient (Wildman–Crippen LogP) is 4.79. The quantitative estimate of drug-likeness (QED) is 0.223. The Hall–Kier alpha value is -5.11. The van der Waals surface area contributed by atoms with Gasteiger partial charge in [0.25, 0.3) is 17.4 Å². The number of nitro benzene ring substituents is 1. The van der Waals surface area contributed by atoms with Crippen LogP contribution in [0.5, 0.6) is 0 Å². The molecular weight excluding hydrogens is 442 g/mol. The van der Waals surface area contributed by atoms with Gasteiger partial charge in [0.1, 0.15) is 0 Å². The molecule has 0 radical (unpaired) electrons. The molecule has 1 aromatic heterocycles. The van der Waals surface area contributed by atoms with Crippen molar-refractivity contribution in [3.05, 3.63) is 131 Å². The van der Waals surface area contributed by atoms with Gasteiger partial charge in [-0.1, -0.05) is 64.0 Å². The highest BCUT2D eigenvalue weighted by molar-refractivity contribution is 6.00. The van der Waals surface area contributed by atoms with Crippen molar-refractivity contribution in [3.8, 4) is 28.5 Å². The van der Waals surface area contributed by atoms with Crippen molar-refractivity contribution < 1.29 is 14.4 Å². The lowest BCUT2D eigenvalue weighted by Crippen LogP contribution is -2.37. The molecule has 0 aliphatic rings. The van der Waals surface area contributed by atoms with Crippen molar-refractivity contribution in [2.75, 3.05) is 5.43 Å². The summed E-state index contributed by atoms with van der Waals surface area (Å²) in [5.74, 6) is 0.794. The van der Waals surface area contributed by atoms with Crippen LogP contribution >= 0.6 is 0 Å². The van der Waals surface area contributed by atoms with Crippen LogP contribution in [-0.2, 0) is 0 Å².